The number of likely N-dealkylation sites (tertiary alicyclic amines) is 1. The van der Waals surface area contributed by atoms with Crippen LogP contribution in [0.3, 0.4) is 0 Å². The van der Waals surface area contributed by atoms with Crippen LogP contribution in [0.2, 0.25) is 5.02 Å². The van der Waals surface area contributed by atoms with Gasteiger partial charge in [-0.2, -0.15) is 0 Å². The molecular formula is C26H29ClN2O5S. The summed E-state index contributed by atoms with van der Waals surface area (Å²) in [6, 6.07) is 14.6. The molecular weight excluding hydrogens is 488 g/mol. The van der Waals surface area contributed by atoms with Crippen LogP contribution in [0.15, 0.2) is 53.4 Å². The van der Waals surface area contributed by atoms with Gasteiger partial charge in [0, 0.05) is 22.2 Å². The van der Waals surface area contributed by atoms with E-state index in [1.165, 1.54) is 37.9 Å². The summed E-state index contributed by atoms with van der Waals surface area (Å²) in [4.78, 5) is 3.26. The minimum atomic E-state index is 0.0144. The summed E-state index contributed by atoms with van der Waals surface area (Å²) in [6.45, 7) is 2.86. The number of benzene rings is 3. The summed E-state index contributed by atoms with van der Waals surface area (Å²) in [5.74, 6) is 2.66. The quantitative estimate of drug-likeness (QED) is 0.370. The molecule has 9 heteroatoms. The van der Waals surface area contributed by atoms with Gasteiger partial charge in [0.05, 0.1) is 19.2 Å². The van der Waals surface area contributed by atoms with Crippen LogP contribution >= 0.6 is 23.5 Å². The maximum atomic E-state index is 9.83. The highest BCUT2D eigenvalue weighted by molar-refractivity contribution is 8.00. The number of phenols is 1. The number of anilines is 1. The van der Waals surface area contributed by atoms with E-state index in [2.05, 4.69) is 16.7 Å². The minimum absolute atomic E-state index is 0.0144. The van der Waals surface area contributed by atoms with Crippen molar-refractivity contribution in [1.29, 1.82) is 0 Å². The summed E-state index contributed by atoms with van der Waals surface area (Å²) in [5, 5.41) is 10.1. The summed E-state index contributed by atoms with van der Waals surface area (Å²) >= 11 is 7.27. The molecule has 0 radical (unpaired) electrons. The Bertz CT molecular complexity index is 1170. The van der Waals surface area contributed by atoms with Crippen LogP contribution < -0.4 is 23.7 Å². The molecule has 7 nitrogen and oxygen atoms in total. The zero-order chi connectivity index (χ0) is 24.8. The molecule has 0 aliphatic carbocycles. The fraction of sp³-hybridized carbons (Fsp3) is 0.308. The first-order valence-electron chi connectivity index (χ1n) is 11.2. The number of nitrogens with one attached hydrogen (secondary N) is 1. The van der Waals surface area contributed by atoms with Crippen LogP contribution in [-0.2, 0) is 0 Å². The molecule has 0 spiro atoms. The third-order valence-electron chi connectivity index (χ3n) is 5.72. The van der Waals surface area contributed by atoms with Crippen LogP contribution in [-0.4, -0.2) is 51.2 Å². The van der Waals surface area contributed by atoms with Crippen molar-refractivity contribution in [2.45, 2.75) is 17.7 Å². The molecule has 0 bridgehead atoms. The monoisotopic (exact) mass is 516 g/mol. The molecule has 2 aliphatic heterocycles. The number of rotatable bonds is 6. The van der Waals surface area contributed by atoms with Crippen LogP contribution in [0.25, 0.3) is 11.1 Å². The second-order valence-electron chi connectivity index (χ2n) is 8.15. The summed E-state index contributed by atoms with van der Waals surface area (Å²) in [5.41, 5.74) is 2.58. The number of nitrogens with zero attached hydrogens (tertiary/aromatic N) is 1. The Labute approximate surface area is 215 Å². The van der Waals surface area contributed by atoms with Crippen molar-refractivity contribution in [3.63, 3.8) is 0 Å². The van der Waals surface area contributed by atoms with Gasteiger partial charge in [0.15, 0.2) is 23.0 Å². The van der Waals surface area contributed by atoms with E-state index in [9.17, 15) is 5.11 Å². The van der Waals surface area contributed by atoms with Crippen molar-refractivity contribution in [2.24, 2.45) is 0 Å². The van der Waals surface area contributed by atoms with E-state index in [1.807, 2.05) is 30.3 Å². The number of hydrogen-bond donors (Lipinski definition) is 2. The molecule has 2 N–H and O–H groups in total. The van der Waals surface area contributed by atoms with Gasteiger partial charge in [0.25, 0.3) is 0 Å². The fourth-order valence-corrected chi connectivity index (χ4v) is 4.72. The highest BCUT2D eigenvalue weighted by Gasteiger charge is 2.18. The molecule has 3 aromatic rings. The van der Waals surface area contributed by atoms with E-state index in [-0.39, 0.29) is 12.5 Å². The Balaban J connectivity index is 0.000000421. The second-order valence-corrected chi connectivity index (χ2v) is 9.41. The van der Waals surface area contributed by atoms with Crippen LogP contribution in [0, 0.1) is 0 Å². The van der Waals surface area contributed by atoms with Crippen molar-refractivity contribution in [2.75, 3.05) is 45.9 Å². The van der Waals surface area contributed by atoms with Gasteiger partial charge in [-0.3, -0.25) is 0 Å². The van der Waals surface area contributed by atoms with Gasteiger partial charge in [-0.15, -0.1) is 0 Å². The molecule has 5 rings (SSSR count). The van der Waals surface area contributed by atoms with Crippen LogP contribution in [0.1, 0.15) is 12.8 Å². The number of fused-ring (bicyclic) bond motifs is 1. The highest BCUT2D eigenvalue weighted by Crippen LogP contribution is 2.43. The lowest BCUT2D eigenvalue weighted by molar-refractivity contribution is 0.174. The normalized spacial score (nSPS) is 14.3. The van der Waals surface area contributed by atoms with Gasteiger partial charge in [-0.05, 0) is 86.9 Å². The Morgan fingerprint density at radius 2 is 1.66 bits per heavy atom. The van der Waals surface area contributed by atoms with E-state index in [4.69, 9.17) is 30.5 Å². The fourth-order valence-electron chi connectivity index (χ4n) is 3.80. The van der Waals surface area contributed by atoms with Crippen molar-refractivity contribution in [3.05, 3.63) is 53.6 Å². The van der Waals surface area contributed by atoms with E-state index in [1.54, 1.807) is 32.4 Å². The molecule has 0 unspecified atom stereocenters. The number of halogens is 1. The summed E-state index contributed by atoms with van der Waals surface area (Å²) < 4.78 is 25.1. The lowest BCUT2D eigenvalue weighted by Gasteiger charge is -2.16. The second kappa shape index (κ2) is 11.7. The molecule has 2 aliphatic rings. The Morgan fingerprint density at radius 1 is 0.943 bits per heavy atom. The first-order chi connectivity index (χ1) is 17.0. The molecule has 2 heterocycles. The zero-order valence-electron chi connectivity index (χ0n) is 20.0. The number of phenolic OH excluding ortho intramolecular Hbond substituents is 1. The SMILES string of the molecule is CN1CCCC1.COc1cc(SNc2ccc(Cl)c(O)c2)c(-c2ccc3c(c2)OCO3)cc1OC. The minimum Gasteiger partial charge on any atom is -0.506 e. The molecule has 35 heavy (non-hydrogen) atoms. The summed E-state index contributed by atoms with van der Waals surface area (Å²) in [6.07, 6.45) is 2.83. The van der Waals surface area contributed by atoms with Crippen LogP contribution in [0.4, 0.5) is 5.69 Å². The van der Waals surface area contributed by atoms with E-state index >= 15 is 0 Å². The van der Waals surface area contributed by atoms with Gasteiger partial charge < -0.3 is 33.7 Å². The Morgan fingerprint density at radius 3 is 2.31 bits per heavy atom. The van der Waals surface area contributed by atoms with Gasteiger partial charge in [-0.1, -0.05) is 17.7 Å². The van der Waals surface area contributed by atoms with Gasteiger partial charge in [0.2, 0.25) is 6.79 Å². The third-order valence-corrected chi connectivity index (χ3v) is 6.94. The first-order valence-corrected chi connectivity index (χ1v) is 12.4. The first kappa shape index (κ1) is 25.2. The zero-order valence-corrected chi connectivity index (χ0v) is 21.5. The molecule has 1 fully saturated rings. The maximum Gasteiger partial charge on any atom is 0.231 e. The summed E-state index contributed by atoms with van der Waals surface area (Å²) in [7, 11) is 5.37. The standard InChI is InChI=1S/C21H18ClNO5S.C5H11N/c1-25-18-9-14(12-3-6-17-20(7-12)28-11-27-17)21(10-19(18)26-2)29-23-13-4-5-15(22)16(24)8-13;1-6-4-2-3-5-6/h3-10,23-24H,11H2,1-2H3;2-5H2,1H3. The maximum absolute atomic E-state index is 9.83. The molecule has 0 aromatic heterocycles. The van der Waals surface area contributed by atoms with E-state index in [0.717, 1.165) is 21.8 Å². The lowest BCUT2D eigenvalue weighted by atomic mass is 10.0. The van der Waals surface area contributed by atoms with Crippen molar-refractivity contribution in [1.82, 2.24) is 4.90 Å². The van der Waals surface area contributed by atoms with E-state index in [0.29, 0.717) is 28.0 Å². The predicted octanol–water partition coefficient (Wildman–Crippen LogP) is 6.29. The molecule has 186 valence electrons. The topological polar surface area (TPSA) is 72.4 Å². The third kappa shape index (κ3) is 6.20. The molecule has 3 aromatic carbocycles. The van der Waals surface area contributed by atoms with Crippen molar-refractivity contribution in [3.8, 4) is 39.9 Å². The average molecular weight is 517 g/mol. The highest BCUT2D eigenvalue weighted by atomic mass is 35.5. The van der Waals surface area contributed by atoms with Gasteiger partial charge in [-0.25, -0.2) is 0 Å². The molecule has 1 saturated heterocycles. The van der Waals surface area contributed by atoms with Crippen molar-refractivity contribution < 1.29 is 24.1 Å². The Hall–Kier alpha value is -2.94. The molecule has 0 amide bonds. The smallest absolute Gasteiger partial charge is 0.231 e. The van der Waals surface area contributed by atoms with Crippen LogP contribution in [0.5, 0.6) is 28.7 Å². The predicted molar refractivity (Wildman–Crippen MR) is 140 cm³/mol. The average Bonchev–Trinajstić information content (AvgIpc) is 3.55. The number of aromatic hydroxyl groups is 1. The molecule has 0 saturated carbocycles. The van der Waals surface area contributed by atoms with Gasteiger partial charge >= 0.3 is 0 Å². The largest absolute Gasteiger partial charge is 0.506 e. The number of methoxy groups -OCH3 is 2. The van der Waals surface area contributed by atoms with Gasteiger partial charge in [0.1, 0.15) is 5.75 Å². The lowest BCUT2D eigenvalue weighted by Crippen LogP contribution is -2.10. The van der Waals surface area contributed by atoms with E-state index < -0.39 is 0 Å². The Kier molecular flexibility index (Phi) is 8.38. The molecule has 0 atom stereocenters. The van der Waals surface area contributed by atoms with Crippen molar-refractivity contribution >= 4 is 29.2 Å². The number of ether oxygens (including phenoxy) is 4. The number of hydrogen-bond acceptors (Lipinski definition) is 8.